The average molecular weight is 452 g/mol. The number of anilines is 2. The number of esters is 1. The van der Waals surface area contributed by atoms with Crippen LogP contribution in [0.2, 0.25) is 0 Å². The lowest BCUT2D eigenvalue weighted by Crippen LogP contribution is -2.26. The number of hydrogen-bond donors (Lipinski definition) is 1. The second-order valence-electron chi connectivity index (χ2n) is 7.30. The standard InChI is InChI=1S/C24H21FN2O6/c25-16-7-9-17(10-8-16)31-14-18-11-12-21(33-18)24(30)32-15-22(28)26-19-4-1-2-5-20(19)27-13-3-6-23(27)29/h1-2,4-5,7-12H,3,6,13-15H2,(H,26,28). The van der Waals surface area contributed by atoms with E-state index in [1.165, 1.54) is 30.3 Å². The highest BCUT2D eigenvalue weighted by atomic mass is 19.1. The Bertz CT molecular complexity index is 1160. The largest absolute Gasteiger partial charge is 0.486 e. The molecule has 0 radical (unpaired) electrons. The molecule has 0 aliphatic carbocycles. The minimum atomic E-state index is -0.804. The van der Waals surface area contributed by atoms with Gasteiger partial charge in [0.2, 0.25) is 11.7 Å². The van der Waals surface area contributed by atoms with Crippen LogP contribution in [0.1, 0.15) is 29.2 Å². The highest BCUT2D eigenvalue weighted by Crippen LogP contribution is 2.29. The number of benzene rings is 2. The summed E-state index contributed by atoms with van der Waals surface area (Å²) >= 11 is 0. The van der Waals surface area contributed by atoms with Crippen LogP contribution in [0.15, 0.2) is 65.1 Å². The summed E-state index contributed by atoms with van der Waals surface area (Å²) in [7, 11) is 0. The van der Waals surface area contributed by atoms with Crippen LogP contribution in [-0.2, 0) is 20.9 Å². The van der Waals surface area contributed by atoms with Gasteiger partial charge in [0, 0.05) is 13.0 Å². The molecule has 33 heavy (non-hydrogen) atoms. The van der Waals surface area contributed by atoms with Gasteiger partial charge in [-0.15, -0.1) is 0 Å². The van der Waals surface area contributed by atoms with E-state index in [1.54, 1.807) is 35.2 Å². The third-order valence-electron chi connectivity index (χ3n) is 4.93. The van der Waals surface area contributed by atoms with Crippen molar-refractivity contribution in [1.29, 1.82) is 0 Å². The first-order valence-electron chi connectivity index (χ1n) is 10.3. The molecule has 9 heteroatoms. The van der Waals surface area contributed by atoms with Gasteiger partial charge >= 0.3 is 5.97 Å². The molecule has 170 valence electrons. The molecule has 0 spiro atoms. The van der Waals surface area contributed by atoms with E-state index in [2.05, 4.69) is 5.32 Å². The lowest BCUT2D eigenvalue weighted by molar-refractivity contribution is -0.119. The maximum absolute atomic E-state index is 12.9. The number of amides is 2. The first-order chi connectivity index (χ1) is 16.0. The molecule has 1 saturated heterocycles. The first kappa shape index (κ1) is 22.1. The topological polar surface area (TPSA) is 98.1 Å². The van der Waals surface area contributed by atoms with Crippen LogP contribution in [0.4, 0.5) is 15.8 Å². The quantitative estimate of drug-likeness (QED) is 0.520. The van der Waals surface area contributed by atoms with Gasteiger partial charge in [0.25, 0.3) is 5.91 Å². The van der Waals surface area contributed by atoms with Gasteiger partial charge in [-0.2, -0.15) is 0 Å². The minimum Gasteiger partial charge on any atom is -0.486 e. The van der Waals surface area contributed by atoms with Gasteiger partial charge in [0.05, 0.1) is 11.4 Å². The SMILES string of the molecule is O=C(COC(=O)c1ccc(COc2ccc(F)cc2)o1)Nc1ccccc1N1CCCC1=O. The highest BCUT2D eigenvalue weighted by Gasteiger charge is 2.24. The van der Waals surface area contributed by atoms with E-state index in [9.17, 15) is 18.8 Å². The van der Waals surface area contributed by atoms with Gasteiger partial charge in [0.1, 0.15) is 23.9 Å². The number of halogens is 1. The van der Waals surface area contributed by atoms with Gasteiger partial charge in [-0.1, -0.05) is 12.1 Å². The number of hydrogen-bond acceptors (Lipinski definition) is 6. The van der Waals surface area contributed by atoms with E-state index >= 15 is 0 Å². The van der Waals surface area contributed by atoms with E-state index in [0.717, 1.165) is 6.42 Å². The van der Waals surface area contributed by atoms with Crippen molar-refractivity contribution in [1.82, 2.24) is 0 Å². The maximum Gasteiger partial charge on any atom is 0.374 e. The average Bonchev–Trinajstić information content (AvgIpc) is 3.47. The number of ether oxygens (including phenoxy) is 2. The van der Waals surface area contributed by atoms with Crippen molar-refractivity contribution in [3.63, 3.8) is 0 Å². The molecule has 2 aromatic carbocycles. The molecule has 2 heterocycles. The summed E-state index contributed by atoms with van der Waals surface area (Å²) < 4.78 is 28.8. The fraction of sp³-hybridized carbons (Fsp3) is 0.208. The molecule has 1 N–H and O–H groups in total. The molecule has 0 saturated carbocycles. The minimum absolute atomic E-state index is 0.000146. The molecule has 1 aliphatic rings. The summed E-state index contributed by atoms with van der Waals surface area (Å²) in [4.78, 5) is 38.2. The molecular formula is C24H21FN2O6. The zero-order chi connectivity index (χ0) is 23.2. The number of para-hydroxylation sites is 2. The predicted molar refractivity (Wildman–Crippen MR) is 116 cm³/mol. The number of carbonyl (C=O) groups excluding carboxylic acids is 3. The van der Waals surface area contributed by atoms with Crippen molar-refractivity contribution in [3.05, 3.63) is 78.0 Å². The van der Waals surface area contributed by atoms with Crippen molar-refractivity contribution < 1.29 is 32.7 Å². The maximum atomic E-state index is 12.9. The monoisotopic (exact) mass is 452 g/mol. The summed E-state index contributed by atoms with van der Waals surface area (Å²) in [5.74, 6) is -0.995. The van der Waals surface area contributed by atoms with Crippen LogP contribution in [0.25, 0.3) is 0 Å². The van der Waals surface area contributed by atoms with E-state index in [-0.39, 0.29) is 24.1 Å². The van der Waals surface area contributed by atoms with E-state index < -0.39 is 18.5 Å². The van der Waals surface area contributed by atoms with Gasteiger partial charge < -0.3 is 24.1 Å². The zero-order valence-electron chi connectivity index (χ0n) is 17.6. The first-order valence-corrected chi connectivity index (χ1v) is 10.3. The predicted octanol–water partition coefficient (Wildman–Crippen LogP) is 3.92. The van der Waals surface area contributed by atoms with E-state index in [4.69, 9.17) is 13.9 Å². The van der Waals surface area contributed by atoms with Crippen LogP contribution in [0.3, 0.4) is 0 Å². The Morgan fingerprint density at radius 2 is 1.85 bits per heavy atom. The van der Waals surface area contributed by atoms with Crippen LogP contribution in [-0.4, -0.2) is 30.9 Å². The third kappa shape index (κ3) is 5.57. The molecule has 1 aromatic heterocycles. The Kier molecular flexibility index (Phi) is 6.68. The van der Waals surface area contributed by atoms with E-state index in [0.29, 0.717) is 35.9 Å². The lowest BCUT2D eigenvalue weighted by atomic mass is 10.2. The van der Waals surface area contributed by atoms with Crippen LogP contribution >= 0.6 is 0 Å². The number of carbonyl (C=O) groups is 3. The molecule has 0 unspecified atom stereocenters. The summed E-state index contributed by atoms with van der Waals surface area (Å²) in [6, 6.07) is 15.4. The Balaban J connectivity index is 1.28. The summed E-state index contributed by atoms with van der Waals surface area (Å²) in [5.41, 5.74) is 1.07. The van der Waals surface area contributed by atoms with Crippen LogP contribution < -0.4 is 15.0 Å². The normalized spacial score (nSPS) is 13.1. The number of rotatable bonds is 8. The lowest BCUT2D eigenvalue weighted by Gasteiger charge is -2.19. The summed E-state index contributed by atoms with van der Waals surface area (Å²) in [5, 5.41) is 2.68. The number of furan rings is 1. The van der Waals surface area contributed by atoms with Crippen molar-refractivity contribution in [3.8, 4) is 5.75 Å². The van der Waals surface area contributed by atoms with Crippen molar-refractivity contribution in [2.24, 2.45) is 0 Å². The Morgan fingerprint density at radius 3 is 2.61 bits per heavy atom. The summed E-state index contributed by atoms with van der Waals surface area (Å²) in [6.45, 7) is 0.0982. The smallest absolute Gasteiger partial charge is 0.374 e. The number of nitrogens with zero attached hydrogens (tertiary/aromatic N) is 1. The molecule has 4 rings (SSSR count). The fourth-order valence-electron chi connectivity index (χ4n) is 3.36. The van der Waals surface area contributed by atoms with Gasteiger partial charge in [0.15, 0.2) is 6.61 Å². The number of nitrogens with one attached hydrogen (secondary N) is 1. The fourth-order valence-corrected chi connectivity index (χ4v) is 3.36. The Labute approximate surface area is 188 Å². The molecule has 3 aromatic rings. The molecule has 1 fully saturated rings. The second-order valence-corrected chi connectivity index (χ2v) is 7.30. The molecule has 0 bridgehead atoms. The molecule has 8 nitrogen and oxygen atoms in total. The van der Waals surface area contributed by atoms with Crippen LogP contribution in [0, 0.1) is 5.82 Å². The molecule has 0 atom stereocenters. The van der Waals surface area contributed by atoms with E-state index in [1.807, 2.05) is 0 Å². The molecular weight excluding hydrogens is 431 g/mol. The van der Waals surface area contributed by atoms with Crippen molar-refractivity contribution >= 4 is 29.2 Å². The molecule has 1 aliphatic heterocycles. The van der Waals surface area contributed by atoms with Gasteiger partial charge in [-0.05, 0) is 55.0 Å². The summed E-state index contributed by atoms with van der Waals surface area (Å²) in [6.07, 6.45) is 1.23. The van der Waals surface area contributed by atoms with Crippen LogP contribution in [0.5, 0.6) is 5.75 Å². The second kappa shape index (κ2) is 9.99. The van der Waals surface area contributed by atoms with Gasteiger partial charge in [-0.3, -0.25) is 9.59 Å². The van der Waals surface area contributed by atoms with Gasteiger partial charge in [-0.25, -0.2) is 9.18 Å². The Hall–Kier alpha value is -4.14. The molecule has 2 amide bonds. The van der Waals surface area contributed by atoms with Crippen molar-refractivity contribution in [2.75, 3.05) is 23.4 Å². The Morgan fingerprint density at radius 1 is 1.06 bits per heavy atom. The zero-order valence-corrected chi connectivity index (χ0v) is 17.6. The highest BCUT2D eigenvalue weighted by molar-refractivity contribution is 6.02. The van der Waals surface area contributed by atoms with Crippen molar-refractivity contribution in [2.45, 2.75) is 19.4 Å². The third-order valence-corrected chi connectivity index (χ3v) is 4.93.